The fourth-order valence-corrected chi connectivity index (χ4v) is 4.35. The molecule has 0 atom stereocenters. The van der Waals surface area contributed by atoms with Crippen LogP contribution in [-0.2, 0) is 5.41 Å². The van der Waals surface area contributed by atoms with E-state index < -0.39 is 0 Å². The molecule has 1 nitrogen and oxygen atoms in total. The van der Waals surface area contributed by atoms with Crippen LogP contribution in [0.1, 0.15) is 58.4 Å². The van der Waals surface area contributed by atoms with Crippen molar-refractivity contribution >= 4 is 15.9 Å². The molecule has 0 bridgehead atoms. The first kappa shape index (κ1) is 14.6. The molecular formula is C18H26BrN. The second kappa shape index (κ2) is 4.84. The maximum absolute atomic E-state index is 3.75. The van der Waals surface area contributed by atoms with Crippen molar-refractivity contribution in [3.05, 3.63) is 34.3 Å². The molecule has 2 aliphatic rings. The topological polar surface area (TPSA) is 12.0 Å². The molecule has 0 heterocycles. The molecule has 1 aromatic rings. The van der Waals surface area contributed by atoms with Gasteiger partial charge in [-0.3, -0.25) is 0 Å². The van der Waals surface area contributed by atoms with Crippen molar-refractivity contribution in [2.75, 3.05) is 6.54 Å². The summed E-state index contributed by atoms with van der Waals surface area (Å²) >= 11 is 3.55. The minimum Gasteiger partial charge on any atom is -0.311 e. The zero-order chi connectivity index (χ0) is 14.4. The van der Waals surface area contributed by atoms with Gasteiger partial charge >= 0.3 is 0 Å². The largest absolute Gasteiger partial charge is 0.311 e. The number of nitrogens with one attached hydrogen (secondary N) is 1. The summed E-state index contributed by atoms with van der Waals surface area (Å²) in [7, 11) is 0. The number of halogens is 1. The number of rotatable bonds is 3. The van der Waals surface area contributed by atoms with Crippen LogP contribution in [0.25, 0.3) is 0 Å². The van der Waals surface area contributed by atoms with E-state index in [-0.39, 0.29) is 5.54 Å². The summed E-state index contributed by atoms with van der Waals surface area (Å²) in [6, 6.07) is 9.03. The van der Waals surface area contributed by atoms with Crippen molar-refractivity contribution in [3.63, 3.8) is 0 Å². The van der Waals surface area contributed by atoms with Gasteiger partial charge in [0.2, 0.25) is 0 Å². The van der Waals surface area contributed by atoms with Gasteiger partial charge in [0.1, 0.15) is 0 Å². The standard InChI is InChI=1S/C18H26BrN/c1-16(2,3)20-13-18(11-17(12-18)9-4-10-17)14-5-7-15(19)8-6-14/h5-8,20H,4,9-13H2,1-3H3. The fraction of sp³-hybridized carbons (Fsp3) is 0.667. The van der Waals surface area contributed by atoms with E-state index in [0.29, 0.717) is 10.8 Å². The predicted molar refractivity (Wildman–Crippen MR) is 89.1 cm³/mol. The van der Waals surface area contributed by atoms with Crippen LogP contribution in [0.3, 0.4) is 0 Å². The maximum atomic E-state index is 3.75. The highest BCUT2D eigenvalue weighted by Crippen LogP contribution is 2.64. The second-order valence-electron chi connectivity index (χ2n) is 8.10. The molecule has 2 heteroatoms. The summed E-state index contributed by atoms with van der Waals surface area (Å²) in [4.78, 5) is 0. The van der Waals surface area contributed by atoms with E-state index in [1.165, 1.54) is 42.1 Å². The molecule has 0 radical (unpaired) electrons. The Morgan fingerprint density at radius 1 is 1.10 bits per heavy atom. The Morgan fingerprint density at radius 3 is 2.15 bits per heavy atom. The van der Waals surface area contributed by atoms with Crippen molar-refractivity contribution in [2.45, 2.75) is 63.8 Å². The molecule has 2 fully saturated rings. The smallest absolute Gasteiger partial charge is 0.0175 e. The molecule has 0 aromatic heterocycles. The van der Waals surface area contributed by atoms with Gasteiger partial charge in [-0.25, -0.2) is 0 Å². The molecule has 1 aromatic carbocycles. The Hall–Kier alpha value is -0.340. The lowest BCUT2D eigenvalue weighted by atomic mass is 9.43. The van der Waals surface area contributed by atoms with Crippen LogP contribution in [0.4, 0.5) is 0 Å². The molecule has 1 N–H and O–H groups in total. The van der Waals surface area contributed by atoms with Gasteiger partial charge in [-0.05, 0) is 69.6 Å². The molecule has 2 aliphatic carbocycles. The number of hydrogen-bond donors (Lipinski definition) is 1. The lowest BCUT2D eigenvalue weighted by Gasteiger charge is -2.62. The third-order valence-corrected chi connectivity index (χ3v) is 5.78. The van der Waals surface area contributed by atoms with Crippen LogP contribution >= 0.6 is 15.9 Å². The van der Waals surface area contributed by atoms with Gasteiger partial charge in [-0.2, -0.15) is 0 Å². The number of hydrogen-bond acceptors (Lipinski definition) is 1. The van der Waals surface area contributed by atoms with Crippen LogP contribution in [0.15, 0.2) is 28.7 Å². The first-order valence-corrected chi connectivity index (χ1v) is 8.63. The molecule has 20 heavy (non-hydrogen) atoms. The van der Waals surface area contributed by atoms with E-state index in [2.05, 4.69) is 66.3 Å². The van der Waals surface area contributed by atoms with Crippen molar-refractivity contribution in [1.82, 2.24) is 5.32 Å². The Kier molecular flexibility index (Phi) is 3.53. The average Bonchev–Trinajstić information content (AvgIpc) is 2.26. The monoisotopic (exact) mass is 335 g/mol. The zero-order valence-corrected chi connectivity index (χ0v) is 14.5. The highest BCUT2D eigenvalue weighted by molar-refractivity contribution is 9.10. The Bertz CT molecular complexity index is 471. The van der Waals surface area contributed by atoms with Gasteiger partial charge in [0.15, 0.2) is 0 Å². The quantitative estimate of drug-likeness (QED) is 0.815. The van der Waals surface area contributed by atoms with Gasteiger partial charge in [-0.15, -0.1) is 0 Å². The Balaban J connectivity index is 1.79. The van der Waals surface area contributed by atoms with E-state index in [9.17, 15) is 0 Å². The van der Waals surface area contributed by atoms with Gasteiger partial charge < -0.3 is 5.32 Å². The average molecular weight is 336 g/mol. The van der Waals surface area contributed by atoms with Gasteiger partial charge in [0.25, 0.3) is 0 Å². The summed E-state index contributed by atoms with van der Waals surface area (Å²) in [5.41, 5.74) is 2.79. The molecule has 1 spiro atoms. The van der Waals surface area contributed by atoms with Gasteiger partial charge in [0, 0.05) is 22.0 Å². The van der Waals surface area contributed by atoms with Crippen LogP contribution in [-0.4, -0.2) is 12.1 Å². The molecule has 110 valence electrons. The van der Waals surface area contributed by atoms with Crippen molar-refractivity contribution in [2.24, 2.45) is 5.41 Å². The second-order valence-corrected chi connectivity index (χ2v) is 9.01. The maximum Gasteiger partial charge on any atom is 0.0175 e. The summed E-state index contributed by atoms with van der Waals surface area (Å²) in [6.07, 6.45) is 7.13. The first-order valence-electron chi connectivity index (χ1n) is 7.84. The summed E-state index contributed by atoms with van der Waals surface area (Å²) in [5.74, 6) is 0. The SMILES string of the molecule is CC(C)(C)NCC1(c2ccc(Br)cc2)CC2(CCC2)C1. The third kappa shape index (κ3) is 2.69. The zero-order valence-electron chi connectivity index (χ0n) is 12.9. The van der Waals surface area contributed by atoms with E-state index in [1.54, 1.807) is 0 Å². The molecule has 2 saturated carbocycles. The van der Waals surface area contributed by atoms with E-state index >= 15 is 0 Å². The molecular weight excluding hydrogens is 310 g/mol. The van der Waals surface area contributed by atoms with E-state index in [1.807, 2.05) is 0 Å². The lowest BCUT2D eigenvalue weighted by molar-refractivity contribution is -0.0503. The van der Waals surface area contributed by atoms with Gasteiger partial charge in [0.05, 0.1) is 0 Å². The molecule has 0 unspecified atom stereocenters. The van der Waals surface area contributed by atoms with Gasteiger partial charge in [-0.1, -0.05) is 34.5 Å². The Labute approximate surface area is 131 Å². The first-order chi connectivity index (χ1) is 9.33. The Morgan fingerprint density at radius 2 is 1.70 bits per heavy atom. The minimum absolute atomic E-state index is 0.199. The molecule has 0 saturated heterocycles. The highest BCUT2D eigenvalue weighted by Gasteiger charge is 2.57. The summed E-state index contributed by atoms with van der Waals surface area (Å²) in [6.45, 7) is 7.90. The van der Waals surface area contributed by atoms with Crippen molar-refractivity contribution < 1.29 is 0 Å². The number of benzene rings is 1. The molecule has 0 amide bonds. The van der Waals surface area contributed by atoms with Crippen LogP contribution in [0, 0.1) is 5.41 Å². The van der Waals surface area contributed by atoms with Crippen LogP contribution in [0.2, 0.25) is 0 Å². The van der Waals surface area contributed by atoms with Crippen LogP contribution in [0.5, 0.6) is 0 Å². The fourth-order valence-electron chi connectivity index (χ4n) is 4.08. The molecule has 0 aliphatic heterocycles. The van der Waals surface area contributed by atoms with Crippen molar-refractivity contribution in [1.29, 1.82) is 0 Å². The van der Waals surface area contributed by atoms with E-state index in [4.69, 9.17) is 0 Å². The summed E-state index contributed by atoms with van der Waals surface area (Å²) in [5, 5.41) is 3.75. The molecule has 3 rings (SSSR count). The predicted octanol–water partition coefficient (Wildman–Crippen LogP) is 5.04. The normalized spacial score (nSPS) is 23.2. The van der Waals surface area contributed by atoms with E-state index in [0.717, 1.165) is 6.54 Å². The minimum atomic E-state index is 0.199. The van der Waals surface area contributed by atoms with Crippen molar-refractivity contribution in [3.8, 4) is 0 Å². The lowest BCUT2D eigenvalue weighted by Crippen LogP contribution is -2.59. The van der Waals surface area contributed by atoms with Crippen LogP contribution < -0.4 is 5.32 Å². The highest BCUT2D eigenvalue weighted by atomic mass is 79.9. The summed E-state index contributed by atoms with van der Waals surface area (Å²) < 4.78 is 1.18. The third-order valence-electron chi connectivity index (χ3n) is 5.25.